The fourth-order valence-corrected chi connectivity index (χ4v) is 2.23. The highest BCUT2D eigenvalue weighted by molar-refractivity contribution is 7.15. The molecule has 3 aromatic rings. The van der Waals surface area contributed by atoms with Crippen molar-refractivity contribution < 1.29 is 17.7 Å². The number of pyridine rings is 1. The van der Waals surface area contributed by atoms with E-state index in [4.69, 9.17) is 4.52 Å². The minimum atomic E-state index is -4.52. The molecule has 0 aliphatic carbocycles. The van der Waals surface area contributed by atoms with Gasteiger partial charge in [-0.05, 0) is 6.07 Å². The van der Waals surface area contributed by atoms with Gasteiger partial charge in [0.1, 0.15) is 4.88 Å². The Morgan fingerprint density at radius 3 is 2.81 bits per heavy atom. The van der Waals surface area contributed by atoms with E-state index in [9.17, 15) is 18.0 Å². The number of H-pyrrole nitrogens is 1. The predicted octanol–water partition coefficient (Wildman–Crippen LogP) is 2.57. The summed E-state index contributed by atoms with van der Waals surface area (Å²) in [5.74, 6) is 0.0244. The largest absolute Gasteiger partial charge is 0.443 e. The Kier molecular flexibility index (Phi) is 3.09. The number of nitrogens with one attached hydrogen (secondary N) is 1. The average molecular weight is 314 g/mol. The summed E-state index contributed by atoms with van der Waals surface area (Å²) < 4.78 is 42.3. The lowest BCUT2D eigenvalue weighted by Gasteiger charge is -1.98. The van der Waals surface area contributed by atoms with Crippen LogP contribution >= 0.6 is 11.3 Å². The lowest BCUT2D eigenvalue weighted by molar-refractivity contribution is -0.137. The second kappa shape index (κ2) is 4.81. The van der Waals surface area contributed by atoms with Gasteiger partial charge in [-0.25, -0.2) is 4.98 Å². The molecule has 3 aromatic heterocycles. The van der Waals surface area contributed by atoms with Crippen molar-refractivity contribution in [3.05, 3.63) is 39.9 Å². The molecule has 0 spiro atoms. The molecular weight excluding hydrogens is 309 g/mol. The van der Waals surface area contributed by atoms with Gasteiger partial charge in [-0.3, -0.25) is 4.79 Å². The van der Waals surface area contributed by atoms with Crippen molar-refractivity contribution in [1.82, 2.24) is 20.1 Å². The summed E-state index contributed by atoms with van der Waals surface area (Å²) in [4.78, 5) is 20.9. The normalized spacial score (nSPS) is 11.8. The highest BCUT2D eigenvalue weighted by atomic mass is 32.1. The van der Waals surface area contributed by atoms with Crippen molar-refractivity contribution in [3.8, 4) is 22.2 Å². The van der Waals surface area contributed by atoms with E-state index in [2.05, 4.69) is 20.1 Å². The van der Waals surface area contributed by atoms with E-state index in [0.717, 1.165) is 6.20 Å². The molecule has 108 valence electrons. The van der Waals surface area contributed by atoms with Gasteiger partial charge in [0.2, 0.25) is 11.4 Å². The number of aromatic nitrogens is 4. The van der Waals surface area contributed by atoms with Crippen LogP contribution in [-0.4, -0.2) is 20.1 Å². The second-order valence-corrected chi connectivity index (χ2v) is 4.92. The monoisotopic (exact) mass is 314 g/mol. The van der Waals surface area contributed by atoms with Gasteiger partial charge in [0, 0.05) is 17.8 Å². The third-order valence-electron chi connectivity index (χ3n) is 2.42. The maximum atomic E-state index is 12.5. The Morgan fingerprint density at radius 1 is 1.33 bits per heavy atom. The van der Waals surface area contributed by atoms with Crippen molar-refractivity contribution >= 4 is 11.3 Å². The van der Waals surface area contributed by atoms with E-state index in [1.165, 1.54) is 12.3 Å². The summed E-state index contributed by atoms with van der Waals surface area (Å²) in [6, 6.07) is 2.80. The Balaban J connectivity index is 1.95. The van der Waals surface area contributed by atoms with Gasteiger partial charge in [0.15, 0.2) is 5.01 Å². The quantitative estimate of drug-likeness (QED) is 0.786. The smallest absolute Gasteiger partial charge is 0.333 e. The van der Waals surface area contributed by atoms with E-state index in [-0.39, 0.29) is 22.2 Å². The molecule has 0 unspecified atom stereocenters. The lowest BCUT2D eigenvalue weighted by atomic mass is 10.2. The number of hydrogen-bond donors (Lipinski definition) is 1. The van der Waals surface area contributed by atoms with Crippen LogP contribution in [0.5, 0.6) is 0 Å². The first kappa shape index (κ1) is 13.5. The van der Waals surface area contributed by atoms with Crippen LogP contribution in [0.3, 0.4) is 0 Å². The molecule has 0 saturated heterocycles. The first-order valence-electron chi connectivity index (χ1n) is 5.50. The van der Waals surface area contributed by atoms with Crippen molar-refractivity contribution in [3.63, 3.8) is 0 Å². The summed E-state index contributed by atoms with van der Waals surface area (Å²) in [5, 5.41) is 2.64. The Labute approximate surface area is 118 Å². The molecule has 0 atom stereocenters. The number of nitrogens with zero attached hydrogens (tertiary/aromatic N) is 3. The van der Waals surface area contributed by atoms with Crippen molar-refractivity contribution in [2.24, 2.45) is 0 Å². The van der Waals surface area contributed by atoms with E-state index >= 15 is 0 Å². The van der Waals surface area contributed by atoms with E-state index in [0.29, 0.717) is 16.9 Å². The Morgan fingerprint density at radius 2 is 2.14 bits per heavy atom. The van der Waals surface area contributed by atoms with Crippen molar-refractivity contribution in [2.45, 2.75) is 6.18 Å². The highest BCUT2D eigenvalue weighted by Gasteiger charge is 2.35. The molecular formula is C11H5F3N4O2S. The molecule has 3 rings (SSSR count). The number of thiazole rings is 1. The molecule has 10 heteroatoms. The first-order chi connectivity index (χ1) is 9.93. The molecule has 0 aromatic carbocycles. The molecule has 0 saturated carbocycles. The molecule has 0 bridgehead atoms. The zero-order valence-corrected chi connectivity index (χ0v) is 10.8. The third kappa shape index (κ3) is 2.70. The van der Waals surface area contributed by atoms with Gasteiger partial charge in [-0.15, -0.1) is 11.3 Å². The van der Waals surface area contributed by atoms with Crippen LogP contribution in [0.15, 0.2) is 33.8 Å². The Bertz CT molecular complexity index is 836. The molecule has 0 fully saturated rings. The zero-order valence-electron chi connectivity index (χ0n) is 10.0. The van der Waals surface area contributed by atoms with Crippen molar-refractivity contribution in [2.75, 3.05) is 0 Å². The second-order valence-electron chi connectivity index (χ2n) is 3.89. The molecule has 6 nitrogen and oxygen atoms in total. The fourth-order valence-electron chi connectivity index (χ4n) is 1.53. The average Bonchev–Trinajstić information content (AvgIpc) is 3.07. The summed E-state index contributed by atoms with van der Waals surface area (Å²) >= 11 is 0.404. The van der Waals surface area contributed by atoms with Crippen LogP contribution in [0.25, 0.3) is 22.2 Å². The summed E-state index contributed by atoms with van der Waals surface area (Å²) in [6.07, 6.45) is -2.09. The van der Waals surface area contributed by atoms with Crippen LogP contribution in [0.2, 0.25) is 0 Å². The zero-order chi connectivity index (χ0) is 15.0. The van der Waals surface area contributed by atoms with Crippen LogP contribution in [0.4, 0.5) is 13.2 Å². The number of halogens is 3. The van der Waals surface area contributed by atoms with Crippen LogP contribution < -0.4 is 5.56 Å². The predicted molar refractivity (Wildman–Crippen MR) is 66.5 cm³/mol. The van der Waals surface area contributed by atoms with E-state index in [1.807, 2.05) is 0 Å². The fraction of sp³-hybridized carbons (Fsp3) is 0.0909. The molecule has 0 aliphatic heterocycles. The standard InChI is InChI=1S/C11H5F3N4O2S/c12-11(13,14)10-16-4-6(21-10)9-17-8(18-20-9)5-1-2-15-7(19)3-5/h1-4H,(H,15,19). The van der Waals surface area contributed by atoms with Gasteiger partial charge in [-0.2, -0.15) is 18.2 Å². The van der Waals surface area contributed by atoms with E-state index in [1.54, 1.807) is 6.07 Å². The highest BCUT2D eigenvalue weighted by Crippen LogP contribution is 2.36. The molecule has 1 N–H and O–H groups in total. The van der Waals surface area contributed by atoms with E-state index < -0.39 is 11.2 Å². The number of rotatable bonds is 2. The summed E-state index contributed by atoms with van der Waals surface area (Å²) in [5.41, 5.74) is 0.0466. The van der Waals surface area contributed by atoms with Gasteiger partial charge >= 0.3 is 6.18 Å². The maximum Gasteiger partial charge on any atom is 0.443 e. The topological polar surface area (TPSA) is 84.7 Å². The van der Waals surface area contributed by atoms with Gasteiger partial charge in [0.05, 0.1) is 6.20 Å². The number of alkyl halides is 3. The molecule has 3 heterocycles. The van der Waals surface area contributed by atoms with Crippen molar-refractivity contribution in [1.29, 1.82) is 0 Å². The summed E-state index contributed by atoms with van der Waals surface area (Å²) in [6.45, 7) is 0. The first-order valence-corrected chi connectivity index (χ1v) is 6.31. The molecule has 0 amide bonds. The minimum Gasteiger partial charge on any atom is -0.333 e. The molecule has 0 aliphatic rings. The number of hydrogen-bond acceptors (Lipinski definition) is 6. The lowest BCUT2D eigenvalue weighted by Crippen LogP contribution is -2.02. The SMILES string of the molecule is O=c1cc(-c2noc(-c3cnc(C(F)(F)F)s3)n2)cc[nH]1. The van der Waals surface area contributed by atoms with Gasteiger partial charge < -0.3 is 9.51 Å². The van der Waals surface area contributed by atoms with Gasteiger partial charge in [-0.1, -0.05) is 5.16 Å². The Hall–Kier alpha value is -2.49. The minimum absolute atomic E-state index is 0.0849. The third-order valence-corrected chi connectivity index (χ3v) is 3.45. The van der Waals surface area contributed by atoms with Gasteiger partial charge in [0.25, 0.3) is 5.89 Å². The van der Waals surface area contributed by atoms with Crippen LogP contribution in [0, 0.1) is 0 Å². The van der Waals surface area contributed by atoms with Crippen LogP contribution in [-0.2, 0) is 6.18 Å². The van der Waals surface area contributed by atoms with Crippen LogP contribution in [0.1, 0.15) is 5.01 Å². The molecule has 21 heavy (non-hydrogen) atoms. The molecule has 0 radical (unpaired) electrons. The summed E-state index contributed by atoms with van der Waals surface area (Å²) in [7, 11) is 0. The maximum absolute atomic E-state index is 12.5. The number of aromatic amines is 1.